The predicted molar refractivity (Wildman–Crippen MR) is 68.9 cm³/mol. The zero-order valence-electron chi connectivity index (χ0n) is 10.5. The zero-order chi connectivity index (χ0) is 14.6. The van der Waals surface area contributed by atoms with Crippen LogP contribution < -0.4 is 0 Å². The van der Waals surface area contributed by atoms with E-state index in [1.165, 1.54) is 19.1 Å². The first-order valence-electron chi connectivity index (χ1n) is 5.43. The minimum atomic E-state index is -1.10. The summed E-state index contributed by atoms with van der Waals surface area (Å²) in [6, 6.07) is 1.71. The Hall–Kier alpha value is -1.05. The summed E-state index contributed by atoms with van der Waals surface area (Å²) in [4.78, 5) is 13.2. The molecule has 19 heavy (non-hydrogen) atoms. The average molecular weight is 338 g/mol. The monoisotopic (exact) mass is 337 g/mol. The maximum Gasteiger partial charge on any atom is 0.254 e. The Morgan fingerprint density at radius 3 is 2.63 bits per heavy atom. The van der Waals surface area contributed by atoms with Crippen LogP contribution >= 0.6 is 15.9 Å². The fraction of sp³-hybridized carbons (Fsp3) is 0.417. The van der Waals surface area contributed by atoms with Crippen molar-refractivity contribution in [2.24, 2.45) is 0 Å². The molecule has 0 bridgehead atoms. The lowest BCUT2D eigenvalue weighted by Gasteiger charge is -2.21. The quantitative estimate of drug-likeness (QED) is 0.833. The molecular formula is C12H14BrF2NO3. The summed E-state index contributed by atoms with van der Waals surface area (Å²) in [5.41, 5.74) is -0.00832. The van der Waals surface area contributed by atoms with Gasteiger partial charge in [0.25, 0.3) is 5.91 Å². The van der Waals surface area contributed by atoms with Gasteiger partial charge in [-0.3, -0.25) is 4.79 Å². The van der Waals surface area contributed by atoms with Crippen molar-refractivity contribution >= 4 is 21.8 Å². The highest BCUT2D eigenvalue weighted by atomic mass is 79.9. The van der Waals surface area contributed by atoms with Crippen molar-refractivity contribution in [3.05, 3.63) is 33.8 Å². The Bertz CT molecular complexity index is 471. The van der Waals surface area contributed by atoms with E-state index in [1.54, 1.807) is 0 Å². The van der Waals surface area contributed by atoms with Gasteiger partial charge in [-0.15, -0.1) is 0 Å². The highest BCUT2D eigenvalue weighted by Gasteiger charge is 2.20. The Morgan fingerprint density at radius 1 is 1.47 bits per heavy atom. The van der Waals surface area contributed by atoms with E-state index in [-0.39, 0.29) is 23.2 Å². The van der Waals surface area contributed by atoms with Gasteiger partial charge in [0.1, 0.15) is 0 Å². The smallest absolute Gasteiger partial charge is 0.254 e. The van der Waals surface area contributed by atoms with E-state index >= 15 is 0 Å². The van der Waals surface area contributed by atoms with E-state index in [4.69, 9.17) is 4.74 Å². The molecule has 7 heteroatoms. The zero-order valence-corrected chi connectivity index (χ0v) is 12.1. The number of aliphatic hydroxyl groups is 1. The molecule has 1 aromatic rings. The Kier molecular flexibility index (Phi) is 5.84. The molecule has 106 valence electrons. The molecule has 0 spiro atoms. The Labute approximate surface area is 118 Å². The van der Waals surface area contributed by atoms with Crippen LogP contribution in [0.15, 0.2) is 16.6 Å². The minimum Gasteiger partial charge on any atom is -0.389 e. The van der Waals surface area contributed by atoms with Crippen LogP contribution in [0.25, 0.3) is 0 Å². The molecule has 1 aromatic carbocycles. The molecule has 0 aliphatic heterocycles. The largest absolute Gasteiger partial charge is 0.389 e. The molecule has 0 aliphatic rings. The lowest BCUT2D eigenvalue weighted by molar-refractivity contribution is 0.0379. The number of hydrogen-bond donors (Lipinski definition) is 1. The lowest BCUT2D eigenvalue weighted by atomic mass is 10.2. The standard InChI is InChI=1S/C12H14BrF2NO3/c1-16(5-7(17)6-19-2)12(18)8-3-10(14)11(15)4-9(8)13/h3-4,7,17H,5-6H2,1-2H3. The molecule has 4 nitrogen and oxygen atoms in total. The molecular weight excluding hydrogens is 324 g/mol. The minimum absolute atomic E-state index is 0.00832. The van der Waals surface area contributed by atoms with Crippen LogP contribution in [0.1, 0.15) is 10.4 Å². The van der Waals surface area contributed by atoms with Crippen molar-refractivity contribution in [1.82, 2.24) is 4.90 Å². The third-order valence-electron chi connectivity index (χ3n) is 2.43. The summed E-state index contributed by atoms with van der Waals surface area (Å²) >= 11 is 3.01. The first-order chi connectivity index (χ1) is 8.86. The summed E-state index contributed by atoms with van der Waals surface area (Å²) in [6.45, 7) is 0.106. The van der Waals surface area contributed by atoms with Crippen LogP contribution in [0.2, 0.25) is 0 Å². The number of aliphatic hydroxyl groups excluding tert-OH is 1. The van der Waals surface area contributed by atoms with E-state index in [0.717, 1.165) is 12.1 Å². The Morgan fingerprint density at radius 2 is 2.05 bits per heavy atom. The van der Waals surface area contributed by atoms with Crippen molar-refractivity contribution < 1.29 is 23.4 Å². The first-order valence-corrected chi connectivity index (χ1v) is 6.23. The van der Waals surface area contributed by atoms with Crippen molar-refractivity contribution in [1.29, 1.82) is 0 Å². The number of nitrogens with zero attached hydrogens (tertiary/aromatic N) is 1. The summed E-state index contributed by atoms with van der Waals surface area (Å²) in [5, 5.41) is 9.52. The number of benzene rings is 1. The van der Waals surface area contributed by atoms with Crippen molar-refractivity contribution in [3.8, 4) is 0 Å². The van der Waals surface area contributed by atoms with Crippen LogP contribution in [0.5, 0.6) is 0 Å². The first kappa shape index (κ1) is 16.0. The SMILES string of the molecule is COCC(O)CN(C)C(=O)c1cc(F)c(F)cc1Br. The summed E-state index contributed by atoms with van der Waals surface area (Å²) in [7, 11) is 2.88. The van der Waals surface area contributed by atoms with E-state index < -0.39 is 23.6 Å². The van der Waals surface area contributed by atoms with Gasteiger partial charge in [0.15, 0.2) is 11.6 Å². The van der Waals surface area contributed by atoms with Gasteiger partial charge >= 0.3 is 0 Å². The molecule has 0 radical (unpaired) electrons. The molecule has 1 amide bonds. The van der Waals surface area contributed by atoms with Gasteiger partial charge in [-0.25, -0.2) is 8.78 Å². The lowest BCUT2D eigenvalue weighted by Crippen LogP contribution is -2.36. The number of methoxy groups -OCH3 is 1. The normalized spacial score (nSPS) is 12.3. The van der Waals surface area contributed by atoms with Gasteiger partial charge < -0.3 is 14.7 Å². The van der Waals surface area contributed by atoms with Gasteiger partial charge in [-0.2, -0.15) is 0 Å². The van der Waals surface area contributed by atoms with Crippen molar-refractivity contribution in [2.75, 3.05) is 27.3 Å². The maximum absolute atomic E-state index is 13.1. The molecule has 0 aromatic heterocycles. The summed E-state index contributed by atoms with van der Waals surface area (Å²) in [5.74, 6) is -2.66. The summed E-state index contributed by atoms with van der Waals surface area (Å²) < 4.78 is 31.0. The second kappa shape index (κ2) is 6.93. The molecule has 1 unspecified atom stereocenters. The third-order valence-corrected chi connectivity index (χ3v) is 3.09. The van der Waals surface area contributed by atoms with Gasteiger partial charge in [0.2, 0.25) is 0 Å². The fourth-order valence-corrected chi connectivity index (χ4v) is 2.02. The maximum atomic E-state index is 13.1. The number of amides is 1. The number of likely N-dealkylation sites (N-methyl/N-ethyl adjacent to an activating group) is 1. The second-order valence-electron chi connectivity index (χ2n) is 4.04. The van der Waals surface area contributed by atoms with E-state index in [9.17, 15) is 18.7 Å². The highest BCUT2D eigenvalue weighted by Crippen LogP contribution is 2.21. The van der Waals surface area contributed by atoms with Crippen LogP contribution in [0.4, 0.5) is 8.78 Å². The van der Waals surface area contributed by atoms with E-state index in [1.807, 2.05) is 0 Å². The molecule has 0 saturated heterocycles. The molecule has 1 rings (SSSR count). The van der Waals surface area contributed by atoms with E-state index in [2.05, 4.69) is 15.9 Å². The average Bonchev–Trinajstić information content (AvgIpc) is 2.33. The number of rotatable bonds is 5. The summed E-state index contributed by atoms with van der Waals surface area (Å²) in [6.07, 6.45) is -0.844. The van der Waals surface area contributed by atoms with Gasteiger partial charge in [0, 0.05) is 25.2 Å². The van der Waals surface area contributed by atoms with Crippen LogP contribution in [0, 0.1) is 11.6 Å². The van der Waals surface area contributed by atoms with Crippen LogP contribution in [-0.4, -0.2) is 49.3 Å². The fourth-order valence-electron chi connectivity index (χ4n) is 1.54. The predicted octanol–water partition coefficient (Wildman–Crippen LogP) is 1.81. The number of carbonyl (C=O) groups is 1. The van der Waals surface area contributed by atoms with Crippen molar-refractivity contribution in [2.45, 2.75) is 6.10 Å². The molecule has 0 heterocycles. The molecule has 0 saturated carbocycles. The Balaban J connectivity index is 2.85. The number of carbonyl (C=O) groups excluding carboxylic acids is 1. The van der Waals surface area contributed by atoms with E-state index in [0.29, 0.717) is 0 Å². The van der Waals surface area contributed by atoms with Crippen molar-refractivity contribution in [3.63, 3.8) is 0 Å². The second-order valence-corrected chi connectivity index (χ2v) is 4.90. The van der Waals surface area contributed by atoms with Gasteiger partial charge in [-0.05, 0) is 28.1 Å². The molecule has 1 atom stereocenters. The van der Waals surface area contributed by atoms with Gasteiger partial charge in [-0.1, -0.05) is 0 Å². The van der Waals surface area contributed by atoms with Gasteiger partial charge in [0.05, 0.1) is 18.3 Å². The molecule has 0 fully saturated rings. The third kappa shape index (κ3) is 4.22. The molecule has 0 aliphatic carbocycles. The van der Waals surface area contributed by atoms with Crippen LogP contribution in [0.3, 0.4) is 0 Å². The number of halogens is 3. The number of hydrogen-bond acceptors (Lipinski definition) is 3. The number of ether oxygens (including phenoxy) is 1. The molecule has 1 N–H and O–H groups in total. The van der Waals surface area contributed by atoms with Crippen LogP contribution in [-0.2, 0) is 4.74 Å². The topological polar surface area (TPSA) is 49.8 Å². The highest BCUT2D eigenvalue weighted by molar-refractivity contribution is 9.10.